The van der Waals surface area contributed by atoms with E-state index in [1.165, 1.54) is 0 Å². The molecule has 0 spiro atoms. The summed E-state index contributed by atoms with van der Waals surface area (Å²) in [6, 6.07) is 0. The van der Waals surface area contributed by atoms with E-state index in [2.05, 4.69) is 33.8 Å². The minimum atomic E-state index is 0.487. The highest BCUT2D eigenvalue weighted by Crippen LogP contribution is 2.20. The van der Waals surface area contributed by atoms with Gasteiger partial charge in [0.25, 0.3) is 0 Å². The molecule has 1 aliphatic carbocycles. The van der Waals surface area contributed by atoms with Gasteiger partial charge in [-0.1, -0.05) is 38.0 Å². The quantitative estimate of drug-likeness (QED) is 0.811. The van der Waals surface area contributed by atoms with Crippen LogP contribution in [0.25, 0.3) is 0 Å². The Bertz CT molecular complexity index is 417. The molecule has 0 aliphatic heterocycles. The minimum absolute atomic E-state index is 0.487. The number of nitrogens with zero attached hydrogens (tertiary/aromatic N) is 4. The Morgan fingerprint density at radius 3 is 2.76 bits per heavy atom. The molecule has 6 nitrogen and oxygen atoms in total. The smallest absolute Gasteiger partial charge is 0.247 e. The lowest BCUT2D eigenvalue weighted by atomic mass is 9.99. The zero-order chi connectivity index (χ0) is 12.8. The van der Waals surface area contributed by atoms with Gasteiger partial charge in [-0.25, -0.2) is 4.68 Å². The van der Waals surface area contributed by atoms with E-state index in [1.54, 1.807) is 11.7 Å². The summed E-state index contributed by atoms with van der Waals surface area (Å²) in [4.78, 5) is 0. The summed E-state index contributed by atoms with van der Waals surface area (Å²) in [5.74, 6) is 1.08. The van der Waals surface area contributed by atoms with E-state index in [1.807, 2.05) is 19.9 Å². The molecular weight excluding hydrogens is 216 g/mol. The van der Waals surface area contributed by atoms with Gasteiger partial charge in [0.1, 0.15) is 0 Å². The summed E-state index contributed by atoms with van der Waals surface area (Å²) in [5.41, 5.74) is 7.49. The predicted molar refractivity (Wildman–Crippen MR) is 67.9 cm³/mol. The van der Waals surface area contributed by atoms with Crippen LogP contribution in [0.2, 0.25) is 0 Å². The van der Waals surface area contributed by atoms with Crippen molar-refractivity contribution < 1.29 is 0 Å². The number of allylic oxidation sites excluding steroid dienone is 2. The first-order chi connectivity index (χ1) is 8.16. The maximum Gasteiger partial charge on any atom is 0.247 e. The van der Waals surface area contributed by atoms with Crippen LogP contribution in [0.5, 0.6) is 0 Å². The number of aromatic nitrogens is 4. The second-order valence-electron chi connectivity index (χ2n) is 3.70. The minimum Gasteiger partial charge on any atom is -0.397 e. The number of nitrogens with one attached hydrogen (secondary N) is 1. The van der Waals surface area contributed by atoms with Crippen molar-refractivity contribution in [1.29, 1.82) is 0 Å². The third-order valence-corrected chi connectivity index (χ3v) is 2.34. The van der Waals surface area contributed by atoms with Gasteiger partial charge < -0.3 is 11.1 Å². The molecule has 1 atom stereocenters. The predicted octanol–water partition coefficient (Wildman–Crippen LogP) is 1.41. The summed E-state index contributed by atoms with van der Waals surface area (Å²) in [5, 5.41) is 14.2. The maximum atomic E-state index is 5.86. The third-order valence-electron chi connectivity index (χ3n) is 2.34. The molecule has 0 amide bonds. The molecule has 1 heterocycles. The molecule has 0 saturated carbocycles. The first-order valence-corrected chi connectivity index (χ1v) is 5.84. The Kier molecular flexibility index (Phi) is 4.68. The van der Waals surface area contributed by atoms with Crippen LogP contribution in [0, 0.1) is 5.92 Å². The van der Waals surface area contributed by atoms with Crippen LogP contribution >= 0.6 is 0 Å². The fourth-order valence-corrected chi connectivity index (χ4v) is 1.44. The fraction of sp³-hybridized carbons (Fsp3) is 0.545. The van der Waals surface area contributed by atoms with E-state index in [9.17, 15) is 0 Å². The van der Waals surface area contributed by atoms with E-state index >= 15 is 0 Å². The van der Waals surface area contributed by atoms with Crippen molar-refractivity contribution >= 4 is 5.95 Å². The van der Waals surface area contributed by atoms with Crippen molar-refractivity contribution in [2.75, 3.05) is 5.32 Å². The lowest BCUT2D eigenvalue weighted by molar-refractivity contribution is 0.708. The molecule has 6 heteroatoms. The van der Waals surface area contributed by atoms with Crippen LogP contribution in [-0.2, 0) is 7.05 Å². The first-order valence-electron chi connectivity index (χ1n) is 5.84. The molecule has 0 aromatic carbocycles. The molecule has 0 radical (unpaired) electrons. The van der Waals surface area contributed by atoms with Gasteiger partial charge in [0.15, 0.2) is 0 Å². The zero-order valence-corrected chi connectivity index (χ0v) is 10.8. The summed E-state index contributed by atoms with van der Waals surface area (Å²) in [6.07, 6.45) is 5.08. The zero-order valence-electron chi connectivity index (χ0n) is 10.8. The van der Waals surface area contributed by atoms with Crippen LogP contribution in [-0.4, -0.2) is 20.2 Å². The molecule has 0 fully saturated rings. The lowest BCUT2D eigenvalue weighted by Crippen LogP contribution is -2.16. The van der Waals surface area contributed by atoms with Crippen molar-refractivity contribution in [2.45, 2.75) is 27.2 Å². The first kappa shape index (κ1) is 13.2. The molecule has 17 heavy (non-hydrogen) atoms. The lowest BCUT2D eigenvalue weighted by Gasteiger charge is -2.17. The third kappa shape index (κ3) is 3.30. The van der Waals surface area contributed by atoms with Crippen molar-refractivity contribution in [3.05, 3.63) is 23.5 Å². The molecule has 1 unspecified atom stereocenters. The van der Waals surface area contributed by atoms with Crippen molar-refractivity contribution in [1.82, 2.24) is 20.2 Å². The highest BCUT2D eigenvalue weighted by Gasteiger charge is 2.12. The molecule has 2 rings (SSSR count). The Balaban J connectivity index is 0.000000686. The molecule has 1 aliphatic rings. The van der Waals surface area contributed by atoms with Gasteiger partial charge in [0, 0.05) is 7.05 Å². The topological polar surface area (TPSA) is 81.7 Å². The Labute approximate surface area is 102 Å². The molecule has 94 valence electrons. The average Bonchev–Trinajstić information content (AvgIpc) is 2.73. The van der Waals surface area contributed by atoms with Crippen LogP contribution in [0.15, 0.2) is 23.5 Å². The van der Waals surface area contributed by atoms with E-state index in [-0.39, 0.29) is 0 Å². The summed E-state index contributed by atoms with van der Waals surface area (Å²) in [7, 11) is 1.77. The van der Waals surface area contributed by atoms with Crippen molar-refractivity contribution in [3.8, 4) is 0 Å². The normalized spacial score (nSPS) is 18.7. The SMILES string of the molecule is CC.CC1C=C(Nc2nnnn2C)C(N)=CC1. The van der Waals surface area contributed by atoms with E-state index in [0.29, 0.717) is 11.9 Å². The van der Waals surface area contributed by atoms with E-state index < -0.39 is 0 Å². The van der Waals surface area contributed by atoms with Gasteiger partial charge in [-0.3, -0.25) is 0 Å². The van der Waals surface area contributed by atoms with Gasteiger partial charge >= 0.3 is 0 Å². The number of hydrogen-bond acceptors (Lipinski definition) is 5. The second-order valence-corrected chi connectivity index (χ2v) is 3.70. The molecule has 1 aromatic rings. The Morgan fingerprint density at radius 2 is 2.18 bits per heavy atom. The Morgan fingerprint density at radius 1 is 1.47 bits per heavy atom. The molecular formula is C11H20N6. The maximum absolute atomic E-state index is 5.86. The van der Waals surface area contributed by atoms with Gasteiger partial charge in [-0.2, -0.15) is 0 Å². The van der Waals surface area contributed by atoms with Gasteiger partial charge in [-0.05, 0) is 22.8 Å². The average molecular weight is 236 g/mol. The molecule has 3 N–H and O–H groups in total. The molecule has 0 bridgehead atoms. The van der Waals surface area contributed by atoms with Crippen LogP contribution in [0.1, 0.15) is 27.2 Å². The highest BCUT2D eigenvalue weighted by atomic mass is 15.6. The van der Waals surface area contributed by atoms with Gasteiger partial charge in [0.05, 0.1) is 11.4 Å². The second kappa shape index (κ2) is 6.03. The largest absolute Gasteiger partial charge is 0.397 e. The van der Waals surface area contributed by atoms with Crippen molar-refractivity contribution in [3.63, 3.8) is 0 Å². The highest BCUT2D eigenvalue weighted by molar-refractivity contribution is 5.45. The monoisotopic (exact) mass is 236 g/mol. The van der Waals surface area contributed by atoms with Crippen LogP contribution in [0.4, 0.5) is 5.95 Å². The number of hydrogen-bond donors (Lipinski definition) is 2. The summed E-state index contributed by atoms with van der Waals surface area (Å²) < 4.78 is 1.56. The molecule has 0 saturated heterocycles. The number of rotatable bonds is 2. The number of tetrazole rings is 1. The molecule has 1 aromatic heterocycles. The standard InChI is InChI=1S/C9H14N6.C2H6/c1-6-3-4-7(10)8(5-6)11-9-12-13-14-15(9)2;1-2/h4-6H,3,10H2,1-2H3,(H,11,12,14);1-2H3. The van der Waals surface area contributed by atoms with Gasteiger partial charge in [0.2, 0.25) is 5.95 Å². The summed E-state index contributed by atoms with van der Waals surface area (Å²) >= 11 is 0. The van der Waals surface area contributed by atoms with Crippen LogP contribution in [0.3, 0.4) is 0 Å². The number of nitrogens with two attached hydrogens (primary N) is 1. The number of anilines is 1. The number of aryl methyl sites for hydroxylation is 1. The van der Waals surface area contributed by atoms with Crippen molar-refractivity contribution in [2.24, 2.45) is 18.7 Å². The summed E-state index contributed by atoms with van der Waals surface area (Å²) in [6.45, 7) is 6.14. The fourth-order valence-electron chi connectivity index (χ4n) is 1.44. The van der Waals surface area contributed by atoms with Gasteiger partial charge in [-0.15, -0.1) is 0 Å². The van der Waals surface area contributed by atoms with Crippen LogP contribution < -0.4 is 11.1 Å². The van der Waals surface area contributed by atoms with E-state index in [0.717, 1.165) is 17.8 Å². The van der Waals surface area contributed by atoms with E-state index in [4.69, 9.17) is 5.73 Å². The Hall–Kier alpha value is -1.85.